The second-order valence-corrected chi connectivity index (χ2v) is 4.58. The van der Waals surface area contributed by atoms with Gasteiger partial charge in [-0.1, -0.05) is 36.8 Å². The van der Waals surface area contributed by atoms with E-state index in [9.17, 15) is 0 Å². The van der Waals surface area contributed by atoms with Gasteiger partial charge in [-0.3, -0.25) is 0 Å². The average molecular weight is 199 g/mol. The minimum atomic E-state index is 0.836. The van der Waals surface area contributed by atoms with Gasteiger partial charge in [-0.25, -0.2) is 0 Å². The predicted octanol–water partition coefficient (Wildman–Crippen LogP) is 2.94. The Morgan fingerprint density at radius 1 is 1.13 bits per heavy atom. The van der Waals surface area contributed by atoms with E-state index in [1.807, 2.05) is 0 Å². The van der Waals surface area contributed by atoms with Crippen LogP contribution in [0.3, 0.4) is 0 Å². The molecule has 0 atom stereocenters. The molecule has 3 rings (SSSR count). The van der Waals surface area contributed by atoms with Crippen molar-refractivity contribution >= 4 is 5.57 Å². The molecule has 1 aromatic rings. The molecule has 78 valence electrons. The number of benzene rings is 1. The van der Waals surface area contributed by atoms with Crippen LogP contribution in [0, 0.1) is 0 Å². The summed E-state index contributed by atoms with van der Waals surface area (Å²) < 4.78 is 0. The summed E-state index contributed by atoms with van der Waals surface area (Å²) in [6.07, 6.45) is 6.52. The summed E-state index contributed by atoms with van der Waals surface area (Å²) in [4.78, 5) is 0. The molecule has 0 amide bonds. The quantitative estimate of drug-likeness (QED) is 0.772. The minimum Gasteiger partial charge on any atom is -0.309 e. The number of hydrogen-bond acceptors (Lipinski definition) is 1. The molecule has 1 heterocycles. The predicted molar refractivity (Wildman–Crippen MR) is 63.9 cm³/mol. The van der Waals surface area contributed by atoms with Crippen LogP contribution >= 0.6 is 0 Å². The van der Waals surface area contributed by atoms with Crippen LogP contribution in [0.2, 0.25) is 0 Å². The molecule has 0 aromatic heterocycles. The van der Waals surface area contributed by atoms with E-state index >= 15 is 0 Å². The van der Waals surface area contributed by atoms with Gasteiger partial charge in [0.15, 0.2) is 0 Å². The molecular weight excluding hydrogens is 182 g/mol. The molecule has 0 bridgehead atoms. The molecule has 1 nitrogen and oxygen atoms in total. The van der Waals surface area contributed by atoms with Gasteiger partial charge in [0.05, 0.1) is 0 Å². The number of hydrogen-bond donors (Lipinski definition) is 1. The molecule has 1 N–H and O–H groups in total. The van der Waals surface area contributed by atoms with Gasteiger partial charge < -0.3 is 5.32 Å². The summed E-state index contributed by atoms with van der Waals surface area (Å²) >= 11 is 0. The lowest BCUT2D eigenvalue weighted by atomic mass is 9.77. The second-order valence-electron chi connectivity index (χ2n) is 4.58. The first-order valence-electron chi connectivity index (χ1n) is 5.94. The Bertz CT molecular complexity index is 388. The Labute approximate surface area is 91.2 Å². The molecule has 1 fully saturated rings. The van der Waals surface area contributed by atoms with Crippen molar-refractivity contribution < 1.29 is 0 Å². The van der Waals surface area contributed by atoms with Crippen LogP contribution in [0.25, 0.3) is 5.57 Å². The van der Waals surface area contributed by atoms with Crippen molar-refractivity contribution in [2.45, 2.75) is 25.2 Å². The van der Waals surface area contributed by atoms with Crippen molar-refractivity contribution in [2.75, 3.05) is 13.1 Å². The summed E-state index contributed by atoms with van der Waals surface area (Å²) in [6.45, 7) is 2.08. The highest BCUT2D eigenvalue weighted by Crippen LogP contribution is 2.39. The molecule has 1 aromatic carbocycles. The van der Waals surface area contributed by atoms with Crippen LogP contribution in [0.4, 0.5) is 0 Å². The molecule has 0 radical (unpaired) electrons. The highest BCUT2D eigenvalue weighted by Gasteiger charge is 2.23. The zero-order valence-electron chi connectivity index (χ0n) is 9.00. The lowest BCUT2D eigenvalue weighted by Gasteiger charge is -2.28. The summed E-state index contributed by atoms with van der Waals surface area (Å²) in [7, 11) is 0. The van der Waals surface area contributed by atoms with E-state index in [2.05, 4.69) is 35.7 Å². The van der Waals surface area contributed by atoms with Gasteiger partial charge in [-0.15, -0.1) is 0 Å². The van der Waals surface area contributed by atoms with Gasteiger partial charge in [0.2, 0.25) is 0 Å². The maximum atomic E-state index is 3.38. The highest BCUT2D eigenvalue weighted by atomic mass is 14.9. The Hall–Kier alpha value is -1.08. The third-order valence-corrected chi connectivity index (χ3v) is 3.66. The first kappa shape index (κ1) is 9.17. The maximum absolute atomic E-state index is 3.38. The van der Waals surface area contributed by atoms with Crippen LogP contribution in [-0.2, 0) is 0 Å². The van der Waals surface area contributed by atoms with Crippen LogP contribution in [0.5, 0.6) is 0 Å². The van der Waals surface area contributed by atoms with E-state index in [1.54, 1.807) is 5.56 Å². The highest BCUT2D eigenvalue weighted by molar-refractivity contribution is 5.71. The molecule has 0 saturated heterocycles. The van der Waals surface area contributed by atoms with Crippen LogP contribution in [-0.4, -0.2) is 13.1 Å². The minimum absolute atomic E-state index is 0.836. The summed E-state index contributed by atoms with van der Waals surface area (Å²) in [5.41, 5.74) is 4.57. The number of rotatable bonds is 2. The molecule has 1 saturated carbocycles. The van der Waals surface area contributed by atoms with Crippen LogP contribution in [0.1, 0.15) is 36.3 Å². The molecule has 0 spiro atoms. The van der Waals surface area contributed by atoms with Gasteiger partial charge in [0.25, 0.3) is 0 Å². The Balaban J connectivity index is 1.98. The van der Waals surface area contributed by atoms with Gasteiger partial charge >= 0.3 is 0 Å². The van der Waals surface area contributed by atoms with Crippen molar-refractivity contribution in [1.82, 2.24) is 5.32 Å². The van der Waals surface area contributed by atoms with Crippen LogP contribution in [0.15, 0.2) is 30.3 Å². The zero-order chi connectivity index (χ0) is 10.1. The van der Waals surface area contributed by atoms with E-state index in [1.165, 1.54) is 30.4 Å². The van der Waals surface area contributed by atoms with Crippen molar-refractivity contribution in [1.29, 1.82) is 0 Å². The largest absolute Gasteiger partial charge is 0.309 e. The Kier molecular flexibility index (Phi) is 2.34. The van der Waals surface area contributed by atoms with E-state index in [0.29, 0.717) is 0 Å². The lowest BCUT2D eigenvalue weighted by molar-refractivity contribution is 0.419. The second kappa shape index (κ2) is 3.82. The summed E-state index contributed by atoms with van der Waals surface area (Å²) in [5, 5.41) is 3.38. The van der Waals surface area contributed by atoms with Crippen molar-refractivity contribution in [3.8, 4) is 0 Å². The first-order chi connectivity index (χ1) is 7.45. The molecular formula is C14H17N. The van der Waals surface area contributed by atoms with Gasteiger partial charge in [0, 0.05) is 13.1 Å². The molecule has 2 aliphatic rings. The van der Waals surface area contributed by atoms with Gasteiger partial charge in [-0.2, -0.15) is 0 Å². The number of nitrogens with one attached hydrogen (secondary N) is 1. The molecule has 1 aliphatic carbocycles. The average Bonchev–Trinajstić information content (AvgIpc) is 2.69. The fraction of sp³-hybridized carbons (Fsp3) is 0.429. The monoisotopic (exact) mass is 199 g/mol. The topological polar surface area (TPSA) is 12.0 Å². The summed E-state index contributed by atoms with van der Waals surface area (Å²) in [5.74, 6) is 0.836. The fourth-order valence-corrected chi connectivity index (χ4v) is 2.54. The van der Waals surface area contributed by atoms with Gasteiger partial charge in [-0.05, 0) is 35.5 Å². The Morgan fingerprint density at radius 2 is 2.00 bits per heavy atom. The van der Waals surface area contributed by atoms with E-state index < -0.39 is 0 Å². The van der Waals surface area contributed by atoms with E-state index in [-0.39, 0.29) is 0 Å². The molecule has 1 heteroatoms. The smallest absolute Gasteiger partial charge is 0.0211 e. The third kappa shape index (κ3) is 1.61. The van der Waals surface area contributed by atoms with Crippen molar-refractivity contribution in [2.24, 2.45) is 0 Å². The molecule has 15 heavy (non-hydrogen) atoms. The maximum Gasteiger partial charge on any atom is 0.0211 e. The third-order valence-electron chi connectivity index (χ3n) is 3.66. The lowest BCUT2D eigenvalue weighted by Crippen LogP contribution is -2.12. The Morgan fingerprint density at radius 3 is 2.67 bits per heavy atom. The fourth-order valence-electron chi connectivity index (χ4n) is 2.54. The summed E-state index contributed by atoms with van der Waals surface area (Å²) in [6, 6.07) is 8.95. The van der Waals surface area contributed by atoms with Gasteiger partial charge in [0.1, 0.15) is 0 Å². The molecule has 1 aliphatic heterocycles. The normalized spacial score (nSPS) is 21.2. The van der Waals surface area contributed by atoms with E-state index in [4.69, 9.17) is 0 Å². The van der Waals surface area contributed by atoms with Crippen LogP contribution < -0.4 is 5.32 Å². The van der Waals surface area contributed by atoms with E-state index in [0.717, 1.165) is 19.0 Å². The van der Waals surface area contributed by atoms with Crippen molar-refractivity contribution in [3.05, 3.63) is 41.5 Å². The SMILES string of the molecule is C1=C(c2ccccc2C2CCC2)CNC1. The standard InChI is InChI=1S/C14H17N/c1-2-7-14(12-8-9-15-10-12)13(6-1)11-4-3-5-11/h1-2,6-8,11,15H,3-5,9-10H2. The molecule has 0 unspecified atom stereocenters. The first-order valence-corrected chi connectivity index (χ1v) is 5.94. The van der Waals surface area contributed by atoms with Crippen molar-refractivity contribution in [3.63, 3.8) is 0 Å². The zero-order valence-corrected chi connectivity index (χ0v) is 9.00.